The summed E-state index contributed by atoms with van der Waals surface area (Å²) >= 11 is 0. The number of aromatic nitrogens is 1. The van der Waals surface area contributed by atoms with Crippen LogP contribution in [0.5, 0.6) is 5.75 Å². The lowest BCUT2D eigenvalue weighted by Crippen LogP contribution is -2.24. The maximum atomic E-state index is 13.7. The van der Waals surface area contributed by atoms with Crippen molar-refractivity contribution in [3.8, 4) is 5.75 Å². The van der Waals surface area contributed by atoms with Gasteiger partial charge < -0.3 is 30.9 Å². The van der Waals surface area contributed by atoms with Crippen molar-refractivity contribution < 1.29 is 23.8 Å². The Morgan fingerprint density at radius 3 is 2.65 bits per heavy atom. The van der Waals surface area contributed by atoms with Crippen molar-refractivity contribution in [2.24, 2.45) is 0 Å². The van der Waals surface area contributed by atoms with Gasteiger partial charge in [-0.15, -0.1) is 0 Å². The fraction of sp³-hybridized carbons (Fsp3) is 0.286. The lowest BCUT2D eigenvalue weighted by Gasteiger charge is -2.20. The van der Waals surface area contributed by atoms with Crippen LogP contribution < -0.4 is 21.1 Å². The van der Waals surface area contributed by atoms with Crippen molar-refractivity contribution >= 4 is 23.3 Å². The van der Waals surface area contributed by atoms with Crippen LogP contribution in [0.15, 0.2) is 36.2 Å². The second kappa shape index (κ2) is 10.4. The maximum absolute atomic E-state index is 13.7. The summed E-state index contributed by atoms with van der Waals surface area (Å²) in [4.78, 5) is 15.6. The molecule has 31 heavy (non-hydrogen) atoms. The van der Waals surface area contributed by atoms with Gasteiger partial charge >= 0.3 is 5.97 Å². The first-order valence-electron chi connectivity index (χ1n) is 9.37. The van der Waals surface area contributed by atoms with E-state index in [1.54, 1.807) is 27.1 Å². The predicted octanol–water partition coefficient (Wildman–Crippen LogP) is 2.41. The van der Waals surface area contributed by atoms with E-state index in [-0.39, 0.29) is 28.6 Å². The molecule has 1 heterocycles. The van der Waals surface area contributed by atoms with Crippen molar-refractivity contribution in [2.75, 3.05) is 33.5 Å². The van der Waals surface area contributed by atoms with Gasteiger partial charge in [-0.2, -0.15) is 0 Å². The zero-order valence-electron chi connectivity index (χ0n) is 17.7. The number of likely N-dealkylation sites (N-methyl/N-ethyl adjacent to an activating group) is 2. The SMILES string of the molecule is CNC/C(NC)=C(/C(=N)OC)c1cnc(N)c(O[C@H](C)c2cc(F)ccc2C(=O)O)c1. The predicted molar refractivity (Wildman–Crippen MR) is 116 cm³/mol. The summed E-state index contributed by atoms with van der Waals surface area (Å²) in [6.45, 7) is 2.01. The Morgan fingerprint density at radius 2 is 2.06 bits per heavy atom. The minimum absolute atomic E-state index is 0.0619. The Hall–Kier alpha value is -3.66. The molecule has 166 valence electrons. The summed E-state index contributed by atoms with van der Waals surface area (Å²) in [5.41, 5.74) is 7.67. The fourth-order valence-corrected chi connectivity index (χ4v) is 3.03. The van der Waals surface area contributed by atoms with Gasteiger partial charge in [0.15, 0.2) is 11.6 Å². The van der Waals surface area contributed by atoms with E-state index in [4.69, 9.17) is 20.6 Å². The number of pyridine rings is 1. The van der Waals surface area contributed by atoms with Crippen LogP contribution in [0.25, 0.3) is 5.57 Å². The molecule has 6 N–H and O–H groups in total. The van der Waals surface area contributed by atoms with Gasteiger partial charge in [-0.3, -0.25) is 5.41 Å². The van der Waals surface area contributed by atoms with Crippen LogP contribution in [-0.4, -0.2) is 49.7 Å². The molecule has 0 unspecified atom stereocenters. The quantitative estimate of drug-likeness (QED) is 0.301. The normalized spacial score (nSPS) is 12.5. The number of anilines is 1. The Balaban J connectivity index is 2.51. The Kier molecular flexibility index (Phi) is 7.92. The molecule has 9 nitrogen and oxygen atoms in total. The molecule has 0 aliphatic carbocycles. The monoisotopic (exact) mass is 431 g/mol. The number of carbonyl (C=O) groups is 1. The molecule has 0 aliphatic heterocycles. The van der Waals surface area contributed by atoms with Crippen LogP contribution >= 0.6 is 0 Å². The molecule has 1 aromatic heterocycles. The highest BCUT2D eigenvalue weighted by atomic mass is 19.1. The number of methoxy groups -OCH3 is 1. The van der Waals surface area contributed by atoms with E-state index in [1.807, 2.05) is 0 Å². The number of hydrogen-bond donors (Lipinski definition) is 5. The lowest BCUT2D eigenvalue weighted by atomic mass is 10.0. The summed E-state index contributed by atoms with van der Waals surface area (Å²) in [7, 11) is 4.87. The Labute approximate surface area is 179 Å². The molecule has 1 atom stereocenters. The molecule has 0 bridgehead atoms. The van der Waals surface area contributed by atoms with Gasteiger partial charge in [0, 0.05) is 36.6 Å². The number of benzene rings is 1. The Morgan fingerprint density at radius 1 is 1.35 bits per heavy atom. The van der Waals surface area contributed by atoms with E-state index in [0.717, 1.165) is 12.1 Å². The highest BCUT2D eigenvalue weighted by molar-refractivity contribution is 6.19. The molecule has 0 fully saturated rings. The van der Waals surface area contributed by atoms with E-state index in [0.29, 0.717) is 23.4 Å². The highest BCUT2D eigenvalue weighted by Crippen LogP contribution is 2.31. The summed E-state index contributed by atoms with van der Waals surface area (Å²) in [6, 6.07) is 4.95. The van der Waals surface area contributed by atoms with E-state index in [9.17, 15) is 14.3 Å². The molecule has 0 aliphatic rings. The molecular weight excluding hydrogens is 405 g/mol. The maximum Gasteiger partial charge on any atom is 0.336 e. The topological polar surface area (TPSA) is 143 Å². The molecular formula is C21H26FN5O4. The molecule has 2 aromatic rings. The number of carboxylic acid groups (broad SMARTS) is 1. The number of halogens is 1. The second-order valence-corrected chi connectivity index (χ2v) is 6.57. The molecule has 1 aromatic carbocycles. The number of nitrogens with zero attached hydrogens (tertiary/aromatic N) is 1. The number of carboxylic acids is 1. The summed E-state index contributed by atoms with van der Waals surface area (Å²) in [5.74, 6) is -1.66. The molecule has 0 spiro atoms. The Bertz CT molecular complexity index is 1010. The minimum Gasteiger partial charge on any atom is -0.482 e. The standard InChI is InChI=1S/C21H26FN5O4/c1-11(15-8-13(22)5-6-14(15)21(28)29)31-17-7-12(9-27-19(17)23)18(20(24)30-4)16(26-3)10-25-2/h5-9,11,24-26H,10H2,1-4H3,(H2,23,27)(H,28,29)/b18-16-,24-20?/t11-/m1/s1. The fourth-order valence-electron chi connectivity index (χ4n) is 3.03. The smallest absolute Gasteiger partial charge is 0.336 e. The molecule has 0 amide bonds. The van der Waals surface area contributed by atoms with Crippen LogP contribution in [0, 0.1) is 11.2 Å². The van der Waals surface area contributed by atoms with Crippen molar-refractivity contribution in [3.63, 3.8) is 0 Å². The number of nitrogens with two attached hydrogens (primary N) is 1. The van der Waals surface area contributed by atoms with E-state index in [1.165, 1.54) is 19.4 Å². The number of nitrogen functional groups attached to an aromatic ring is 1. The van der Waals surface area contributed by atoms with E-state index in [2.05, 4.69) is 15.6 Å². The molecule has 0 saturated carbocycles. The third-order valence-electron chi connectivity index (χ3n) is 4.54. The number of rotatable bonds is 9. The minimum atomic E-state index is -1.20. The number of hydrogen-bond acceptors (Lipinski definition) is 8. The third kappa shape index (κ3) is 5.48. The second-order valence-electron chi connectivity index (χ2n) is 6.57. The average Bonchev–Trinajstić information content (AvgIpc) is 2.74. The van der Waals surface area contributed by atoms with E-state index >= 15 is 0 Å². The van der Waals surface area contributed by atoms with Crippen LogP contribution in [0.1, 0.15) is 34.5 Å². The van der Waals surface area contributed by atoms with Gasteiger partial charge in [0.05, 0.1) is 18.2 Å². The van der Waals surface area contributed by atoms with Gasteiger partial charge in [-0.25, -0.2) is 14.2 Å². The van der Waals surface area contributed by atoms with Crippen LogP contribution in [-0.2, 0) is 4.74 Å². The van der Waals surface area contributed by atoms with Crippen LogP contribution in [0.2, 0.25) is 0 Å². The number of nitrogens with one attached hydrogen (secondary N) is 3. The van der Waals surface area contributed by atoms with Crippen LogP contribution in [0.4, 0.5) is 10.2 Å². The first-order valence-corrected chi connectivity index (χ1v) is 9.37. The number of aromatic carboxylic acids is 1. The van der Waals surface area contributed by atoms with Gasteiger partial charge in [-0.1, -0.05) is 0 Å². The first kappa shape index (κ1) is 23.6. The van der Waals surface area contributed by atoms with Crippen molar-refractivity contribution in [2.45, 2.75) is 13.0 Å². The average molecular weight is 431 g/mol. The summed E-state index contributed by atoms with van der Waals surface area (Å²) in [6.07, 6.45) is 0.643. The zero-order chi connectivity index (χ0) is 23.1. The van der Waals surface area contributed by atoms with Gasteiger partial charge in [0.2, 0.25) is 5.90 Å². The van der Waals surface area contributed by atoms with Crippen LogP contribution in [0.3, 0.4) is 0 Å². The van der Waals surface area contributed by atoms with Gasteiger partial charge in [0.25, 0.3) is 0 Å². The van der Waals surface area contributed by atoms with E-state index < -0.39 is 17.9 Å². The van der Waals surface area contributed by atoms with Crippen molar-refractivity contribution in [3.05, 3.63) is 58.7 Å². The highest BCUT2D eigenvalue weighted by Gasteiger charge is 2.21. The number of ether oxygens (including phenoxy) is 2. The molecule has 0 saturated heterocycles. The summed E-state index contributed by atoms with van der Waals surface area (Å²) < 4.78 is 24.7. The zero-order valence-corrected chi connectivity index (χ0v) is 17.7. The van der Waals surface area contributed by atoms with Crippen molar-refractivity contribution in [1.82, 2.24) is 15.6 Å². The van der Waals surface area contributed by atoms with Crippen molar-refractivity contribution in [1.29, 1.82) is 5.41 Å². The molecule has 0 radical (unpaired) electrons. The van der Waals surface area contributed by atoms with Gasteiger partial charge in [-0.05, 0) is 38.2 Å². The first-order chi connectivity index (χ1) is 14.7. The molecule has 10 heteroatoms. The van der Waals surface area contributed by atoms with Gasteiger partial charge in [0.1, 0.15) is 11.9 Å². The third-order valence-corrected chi connectivity index (χ3v) is 4.54. The largest absolute Gasteiger partial charge is 0.482 e. The lowest BCUT2D eigenvalue weighted by molar-refractivity contribution is 0.0691. The molecule has 2 rings (SSSR count). The summed E-state index contributed by atoms with van der Waals surface area (Å²) in [5, 5.41) is 23.6.